The van der Waals surface area contributed by atoms with Gasteiger partial charge in [-0.05, 0) is 29.5 Å². The average molecular weight is 198 g/mol. The Morgan fingerprint density at radius 1 is 1.46 bits per heavy atom. The number of nitrogens with zero attached hydrogens (tertiary/aromatic N) is 1. The van der Waals surface area contributed by atoms with Crippen LogP contribution in [0.15, 0.2) is 18.3 Å². The summed E-state index contributed by atoms with van der Waals surface area (Å²) in [5.74, 6) is 0. The van der Waals surface area contributed by atoms with Gasteiger partial charge in [0.15, 0.2) is 0 Å². The molecule has 13 heavy (non-hydrogen) atoms. The van der Waals surface area contributed by atoms with Crippen molar-refractivity contribution in [2.75, 3.05) is 0 Å². The van der Waals surface area contributed by atoms with E-state index in [1.54, 1.807) is 6.20 Å². The quantitative estimate of drug-likeness (QED) is 0.672. The molecule has 0 aliphatic heterocycles. The smallest absolute Gasteiger partial charge is 0.129 e. The van der Waals surface area contributed by atoms with Crippen molar-refractivity contribution in [3.63, 3.8) is 0 Å². The second-order valence-electron chi connectivity index (χ2n) is 4.00. The minimum atomic E-state index is 0.210. The van der Waals surface area contributed by atoms with Crippen molar-refractivity contribution in [1.29, 1.82) is 0 Å². The van der Waals surface area contributed by atoms with Crippen LogP contribution in [-0.2, 0) is 5.41 Å². The van der Waals surface area contributed by atoms with Crippen molar-refractivity contribution in [3.05, 3.63) is 29.0 Å². The summed E-state index contributed by atoms with van der Waals surface area (Å²) in [7, 11) is 0. The Labute approximate surface area is 85.1 Å². The summed E-state index contributed by atoms with van der Waals surface area (Å²) in [6, 6.07) is 4.00. The van der Waals surface area contributed by atoms with Crippen LogP contribution in [0.5, 0.6) is 0 Å². The second-order valence-corrected chi connectivity index (χ2v) is 4.39. The first kappa shape index (κ1) is 10.5. The van der Waals surface area contributed by atoms with E-state index in [-0.39, 0.29) is 5.41 Å². The lowest BCUT2D eigenvalue weighted by Gasteiger charge is -2.24. The zero-order chi connectivity index (χ0) is 9.90. The molecule has 1 aromatic rings. The monoisotopic (exact) mass is 197 g/mol. The van der Waals surface area contributed by atoms with Gasteiger partial charge in [0.2, 0.25) is 0 Å². The molecule has 0 aliphatic rings. The minimum Gasteiger partial charge on any atom is -0.245 e. The van der Waals surface area contributed by atoms with Crippen LogP contribution in [0, 0.1) is 0 Å². The number of aromatic nitrogens is 1. The molecular formula is C11H16ClN. The molecule has 0 radical (unpaired) electrons. The fourth-order valence-electron chi connectivity index (χ4n) is 1.59. The number of rotatable bonds is 3. The van der Waals surface area contributed by atoms with Crippen molar-refractivity contribution in [2.24, 2.45) is 0 Å². The van der Waals surface area contributed by atoms with E-state index in [9.17, 15) is 0 Å². The summed E-state index contributed by atoms with van der Waals surface area (Å²) in [4.78, 5) is 3.98. The summed E-state index contributed by atoms with van der Waals surface area (Å²) in [5.41, 5.74) is 1.48. The van der Waals surface area contributed by atoms with Gasteiger partial charge in [-0.1, -0.05) is 38.8 Å². The highest BCUT2D eigenvalue weighted by Gasteiger charge is 2.19. The lowest BCUT2D eigenvalue weighted by Crippen LogP contribution is -2.16. The fourth-order valence-corrected chi connectivity index (χ4v) is 1.77. The molecule has 1 rings (SSSR count). The molecule has 0 aromatic carbocycles. The average Bonchev–Trinajstić information content (AvgIpc) is 2.04. The SMILES string of the molecule is CCCC(C)(C)c1ccnc(Cl)c1. The molecule has 0 amide bonds. The molecule has 0 unspecified atom stereocenters. The van der Waals surface area contributed by atoms with E-state index in [0.29, 0.717) is 5.15 Å². The Hall–Kier alpha value is -0.560. The largest absolute Gasteiger partial charge is 0.245 e. The minimum absolute atomic E-state index is 0.210. The maximum atomic E-state index is 5.84. The zero-order valence-corrected chi connectivity index (χ0v) is 9.23. The van der Waals surface area contributed by atoms with Crippen LogP contribution < -0.4 is 0 Å². The molecule has 1 heterocycles. The lowest BCUT2D eigenvalue weighted by atomic mass is 9.81. The third-order valence-corrected chi connectivity index (χ3v) is 2.59. The highest BCUT2D eigenvalue weighted by atomic mass is 35.5. The highest BCUT2D eigenvalue weighted by molar-refractivity contribution is 6.29. The molecule has 0 fully saturated rings. The molecule has 0 saturated carbocycles. The molecule has 72 valence electrons. The van der Waals surface area contributed by atoms with E-state index in [0.717, 1.165) is 0 Å². The van der Waals surface area contributed by atoms with Gasteiger partial charge in [-0.25, -0.2) is 4.98 Å². The van der Waals surface area contributed by atoms with Crippen molar-refractivity contribution >= 4 is 11.6 Å². The van der Waals surface area contributed by atoms with Gasteiger partial charge in [-0.15, -0.1) is 0 Å². The van der Waals surface area contributed by atoms with Gasteiger partial charge < -0.3 is 0 Å². The van der Waals surface area contributed by atoms with E-state index in [1.165, 1.54) is 18.4 Å². The van der Waals surface area contributed by atoms with E-state index < -0.39 is 0 Å². The van der Waals surface area contributed by atoms with Gasteiger partial charge in [0.05, 0.1) is 0 Å². The first-order chi connectivity index (χ1) is 6.06. The van der Waals surface area contributed by atoms with Crippen LogP contribution in [0.4, 0.5) is 0 Å². The first-order valence-corrected chi connectivity index (χ1v) is 5.06. The van der Waals surface area contributed by atoms with Crippen LogP contribution in [0.25, 0.3) is 0 Å². The van der Waals surface area contributed by atoms with Crippen LogP contribution in [-0.4, -0.2) is 4.98 Å². The summed E-state index contributed by atoms with van der Waals surface area (Å²) < 4.78 is 0. The molecule has 1 aromatic heterocycles. The molecule has 0 bridgehead atoms. The summed E-state index contributed by atoms with van der Waals surface area (Å²) in [6.45, 7) is 6.68. The Morgan fingerprint density at radius 3 is 2.69 bits per heavy atom. The molecule has 0 N–H and O–H groups in total. The van der Waals surface area contributed by atoms with Gasteiger partial charge in [-0.2, -0.15) is 0 Å². The lowest BCUT2D eigenvalue weighted by molar-refractivity contribution is 0.472. The zero-order valence-electron chi connectivity index (χ0n) is 8.47. The summed E-state index contributed by atoms with van der Waals surface area (Å²) in [6.07, 6.45) is 4.13. The van der Waals surface area contributed by atoms with Crippen LogP contribution >= 0.6 is 11.6 Å². The van der Waals surface area contributed by atoms with Crippen molar-refractivity contribution < 1.29 is 0 Å². The van der Waals surface area contributed by atoms with Crippen molar-refractivity contribution in [3.8, 4) is 0 Å². The number of pyridine rings is 1. The maximum absolute atomic E-state index is 5.84. The number of hydrogen-bond donors (Lipinski definition) is 0. The van der Waals surface area contributed by atoms with Gasteiger partial charge >= 0.3 is 0 Å². The molecule has 0 aliphatic carbocycles. The third kappa shape index (κ3) is 2.70. The molecule has 0 saturated heterocycles. The Kier molecular flexibility index (Phi) is 3.32. The highest BCUT2D eigenvalue weighted by Crippen LogP contribution is 2.28. The third-order valence-electron chi connectivity index (χ3n) is 2.38. The fraction of sp³-hybridized carbons (Fsp3) is 0.545. The molecule has 1 nitrogen and oxygen atoms in total. The van der Waals surface area contributed by atoms with Gasteiger partial charge in [0, 0.05) is 6.20 Å². The predicted molar refractivity (Wildman–Crippen MR) is 57.2 cm³/mol. The molecule has 0 spiro atoms. The van der Waals surface area contributed by atoms with Crippen molar-refractivity contribution in [2.45, 2.75) is 39.0 Å². The van der Waals surface area contributed by atoms with Gasteiger partial charge in [-0.3, -0.25) is 0 Å². The van der Waals surface area contributed by atoms with E-state index in [4.69, 9.17) is 11.6 Å². The van der Waals surface area contributed by atoms with Crippen molar-refractivity contribution in [1.82, 2.24) is 4.98 Å². The Bertz CT molecular complexity index is 281. The Morgan fingerprint density at radius 2 is 2.15 bits per heavy atom. The topological polar surface area (TPSA) is 12.9 Å². The summed E-state index contributed by atoms with van der Waals surface area (Å²) in [5, 5.41) is 0.585. The number of halogens is 1. The van der Waals surface area contributed by atoms with Crippen LogP contribution in [0.3, 0.4) is 0 Å². The summed E-state index contributed by atoms with van der Waals surface area (Å²) >= 11 is 5.84. The standard InChI is InChI=1S/C11H16ClN/c1-4-6-11(2,3)9-5-7-13-10(12)8-9/h5,7-8H,4,6H2,1-3H3. The second kappa shape index (κ2) is 4.10. The molecule has 2 heteroatoms. The number of hydrogen-bond acceptors (Lipinski definition) is 1. The molecule has 0 atom stereocenters. The van der Waals surface area contributed by atoms with Crippen LogP contribution in [0.1, 0.15) is 39.2 Å². The van der Waals surface area contributed by atoms with E-state index >= 15 is 0 Å². The van der Waals surface area contributed by atoms with Gasteiger partial charge in [0.1, 0.15) is 5.15 Å². The predicted octanol–water partition coefficient (Wildman–Crippen LogP) is 3.81. The van der Waals surface area contributed by atoms with E-state index in [2.05, 4.69) is 25.8 Å². The van der Waals surface area contributed by atoms with Gasteiger partial charge in [0.25, 0.3) is 0 Å². The Balaban J connectivity index is 2.93. The maximum Gasteiger partial charge on any atom is 0.129 e. The van der Waals surface area contributed by atoms with E-state index in [1.807, 2.05) is 12.1 Å². The van der Waals surface area contributed by atoms with Crippen LogP contribution in [0.2, 0.25) is 5.15 Å². The first-order valence-electron chi connectivity index (χ1n) is 4.68. The molecular weight excluding hydrogens is 182 g/mol. The normalized spacial score (nSPS) is 11.7.